The quantitative estimate of drug-likeness (QED) is 0.599. The monoisotopic (exact) mass is 424 g/mol. The molecule has 1 aromatic rings. The van der Waals surface area contributed by atoms with Gasteiger partial charge in [-0.1, -0.05) is 6.07 Å². The second-order valence-electron chi connectivity index (χ2n) is 7.47. The maximum absolute atomic E-state index is 12.6. The van der Waals surface area contributed by atoms with Crippen molar-refractivity contribution in [2.45, 2.75) is 38.9 Å². The molecule has 1 unspecified atom stereocenters. The first kappa shape index (κ1) is 22.5. The first-order valence-electron chi connectivity index (χ1n) is 10.6. The molecule has 1 atom stereocenters. The van der Waals surface area contributed by atoms with Crippen LogP contribution in [0, 0.1) is 0 Å². The fourth-order valence-corrected chi connectivity index (χ4v) is 3.81. The molecule has 30 heavy (non-hydrogen) atoms. The van der Waals surface area contributed by atoms with Crippen LogP contribution in [0.5, 0.6) is 11.5 Å². The van der Waals surface area contributed by atoms with Gasteiger partial charge in [-0.15, -0.1) is 0 Å². The van der Waals surface area contributed by atoms with Crippen LogP contribution >= 0.6 is 0 Å². The minimum atomic E-state index is -2.92. The van der Waals surface area contributed by atoms with Crippen LogP contribution < -0.4 is 9.47 Å². The molecule has 166 valence electrons. The third-order valence-electron chi connectivity index (χ3n) is 5.29. The zero-order valence-corrected chi connectivity index (χ0v) is 17.4. The molecule has 8 heteroatoms. The molecule has 6 nitrogen and oxygen atoms in total. The zero-order chi connectivity index (χ0) is 21.3. The Morgan fingerprint density at radius 3 is 2.83 bits per heavy atom. The highest BCUT2D eigenvalue weighted by atomic mass is 19.3. The van der Waals surface area contributed by atoms with Crippen molar-refractivity contribution in [2.24, 2.45) is 0 Å². The Morgan fingerprint density at radius 1 is 1.23 bits per heavy atom. The molecule has 0 radical (unpaired) electrons. The smallest absolute Gasteiger partial charge is 0.387 e. The molecule has 2 saturated heterocycles. The van der Waals surface area contributed by atoms with Crippen LogP contribution in [0.1, 0.15) is 31.7 Å². The van der Waals surface area contributed by atoms with Gasteiger partial charge in [0, 0.05) is 38.9 Å². The predicted octanol–water partition coefficient (Wildman–Crippen LogP) is 3.41. The van der Waals surface area contributed by atoms with E-state index in [0.717, 1.165) is 52.0 Å². The summed E-state index contributed by atoms with van der Waals surface area (Å²) >= 11 is 0. The van der Waals surface area contributed by atoms with Crippen LogP contribution in [-0.2, 0) is 9.53 Å². The Hall–Kier alpha value is -2.19. The van der Waals surface area contributed by atoms with E-state index in [1.54, 1.807) is 25.1 Å². The molecule has 2 fully saturated rings. The summed E-state index contributed by atoms with van der Waals surface area (Å²) in [5, 5.41) is 0. The van der Waals surface area contributed by atoms with E-state index in [1.165, 1.54) is 12.1 Å². The molecule has 0 aromatic heterocycles. The van der Waals surface area contributed by atoms with Crippen molar-refractivity contribution < 1.29 is 27.8 Å². The van der Waals surface area contributed by atoms with Crippen molar-refractivity contribution in [3.8, 4) is 11.5 Å². The Balaban J connectivity index is 1.56. The molecule has 0 saturated carbocycles. The van der Waals surface area contributed by atoms with Gasteiger partial charge < -0.3 is 19.1 Å². The van der Waals surface area contributed by atoms with E-state index in [9.17, 15) is 13.6 Å². The summed E-state index contributed by atoms with van der Waals surface area (Å²) in [7, 11) is 0. The van der Waals surface area contributed by atoms with Crippen molar-refractivity contribution in [1.82, 2.24) is 9.80 Å². The van der Waals surface area contributed by atoms with Gasteiger partial charge in [0.15, 0.2) is 11.5 Å². The standard InChI is InChI=1S/C22H30F2N2O4/c1-2-28-20-15-17(6-8-19(20)30-22(23)24)7-9-21(27)26-11-4-10-25(12-13-26)16-18-5-3-14-29-18/h6-9,15,18,22H,2-5,10-14,16H2,1H3. The van der Waals surface area contributed by atoms with Gasteiger partial charge in [-0.05, 0) is 56.5 Å². The average molecular weight is 424 g/mol. The second-order valence-corrected chi connectivity index (χ2v) is 7.47. The highest BCUT2D eigenvalue weighted by molar-refractivity contribution is 5.91. The predicted molar refractivity (Wildman–Crippen MR) is 110 cm³/mol. The van der Waals surface area contributed by atoms with E-state index in [2.05, 4.69) is 9.64 Å². The lowest BCUT2D eigenvalue weighted by atomic mass is 10.2. The van der Waals surface area contributed by atoms with Crippen molar-refractivity contribution in [2.75, 3.05) is 45.9 Å². The molecule has 1 aromatic carbocycles. The second kappa shape index (κ2) is 11.3. The summed E-state index contributed by atoms with van der Waals surface area (Å²) in [5.41, 5.74) is 0.684. The Kier molecular flexibility index (Phi) is 8.45. The van der Waals surface area contributed by atoms with Crippen LogP contribution in [0.2, 0.25) is 0 Å². The molecule has 0 aliphatic carbocycles. The minimum absolute atomic E-state index is 0.0193. The van der Waals surface area contributed by atoms with Crippen molar-refractivity contribution in [3.63, 3.8) is 0 Å². The van der Waals surface area contributed by atoms with E-state index in [4.69, 9.17) is 9.47 Å². The summed E-state index contributed by atoms with van der Waals surface area (Å²) in [5.74, 6) is 0.154. The number of benzene rings is 1. The first-order valence-corrected chi connectivity index (χ1v) is 10.6. The largest absolute Gasteiger partial charge is 0.490 e. The molecule has 2 heterocycles. The molecule has 3 rings (SSSR count). The third-order valence-corrected chi connectivity index (χ3v) is 5.29. The number of nitrogens with zero attached hydrogens (tertiary/aromatic N) is 2. The van der Waals surface area contributed by atoms with E-state index in [1.807, 2.05) is 4.90 Å². The number of halogens is 2. The molecule has 0 bridgehead atoms. The lowest BCUT2D eigenvalue weighted by molar-refractivity contribution is -0.125. The number of carbonyl (C=O) groups excluding carboxylic acids is 1. The number of ether oxygens (including phenoxy) is 3. The van der Waals surface area contributed by atoms with Gasteiger partial charge >= 0.3 is 6.61 Å². The average Bonchev–Trinajstić information content (AvgIpc) is 3.11. The normalized spacial score (nSPS) is 20.7. The van der Waals surface area contributed by atoms with Gasteiger partial charge in [0.1, 0.15) is 0 Å². The fraction of sp³-hybridized carbons (Fsp3) is 0.591. The van der Waals surface area contributed by atoms with Crippen LogP contribution in [0.4, 0.5) is 8.78 Å². The molecule has 2 aliphatic rings. The summed E-state index contributed by atoms with van der Waals surface area (Å²) < 4.78 is 40.6. The molecule has 2 aliphatic heterocycles. The topological polar surface area (TPSA) is 51.2 Å². The number of amides is 1. The van der Waals surface area contributed by atoms with Gasteiger partial charge in [0.05, 0.1) is 12.7 Å². The lowest BCUT2D eigenvalue weighted by Crippen LogP contribution is -2.37. The Morgan fingerprint density at radius 2 is 2.10 bits per heavy atom. The summed E-state index contributed by atoms with van der Waals surface area (Å²) in [6.45, 7) is 4.16. The van der Waals surface area contributed by atoms with Crippen molar-refractivity contribution in [1.29, 1.82) is 0 Å². The van der Waals surface area contributed by atoms with Crippen LogP contribution in [0.15, 0.2) is 24.3 Å². The maximum Gasteiger partial charge on any atom is 0.387 e. The molecular formula is C22H30F2N2O4. The van der Waals surface area contributed by atoms with E-state index >= 15 is 0 Å². The minimum Gasteiger partial charge on any atom is -0.490 e. The van der Waals surface area contributed by atoms with E-state index in [-0.39, 0.29) is 17.4 Å². The number of rotatable bonds is 8. The van der Waals surface area contributed by atoms with Crippen LogP contribution in [0.25, 0.3) is 6.08 Å². The van der Waals surface area contributed by atoms with Crippen molar-refractivity contribution >= 4 is 12.0 Å². The number of carbonyl (C=O) groups is 1. The van der Waals surface area contributed by atoms with Gasteiger partial charge in [-0.3, -0.25) is 9.69 Å². The fourth-order valence-electron chi connectivity index (χ4n) is 3.81. The highest BCUT2D eigenvalue weighted by Crippen LogP contribution is 2.30. The molecular weight excluding hydrogens is 394 g/mol. The van der Waals surface area contributed by atoms with Crippen LogP contribution in [-0.4, -0.2) is 74.4 Å². The molecule has 0 spiro atoms. The maximum atomic E-state index is 12.6. The third kappa shape index (κ3) is 6.67. The summed E-state index contributed by atoms with van der Waals surface area (Å²) in [4.78, 5) is 16.9. The Labute approximate surface area is 176 Å². The SMILES string of the molecule is CCOc1cc(C=CC(=O)N2CCCN(CC3CCCO3)CC2)ccc1OC(F)F. The highest BCUT2D eigenvalue weighted by Gasteiger charge is 2.22. The lowest BCUT2D eigenvalue weighted by Gasteiger charge is -2.23. The number of hydrogen-bond donors (Lipinski definition) is 0. The first-order chi connectivity index (χ1) is 14.5. The van der Waals surface area contributed by atoms with E-state index in [0.29, 0.717) is 24.8 Å². The van der Waals surface area contributed by atoms with Gasteiger partial charge in [0.2, 0.25) is 5.91 Å². The number of alkyl halides is 2. The molecule has 0 N–H and O–H groups in total. The van der Waals surface area contributed by atoms with E-state index < -0.39 is 6.61 Å². The van der Waals surface area contributed by atoms with Crippen LogP contribution in [0.3, 0.4) is 0 Å². The van der Waals surface area contributed by atoms with Gasteiger partial charge in [-0.2, -0.15) is 8.78 Å². The zero-order valence-electron chi connectivity index (χ0n) is 17.4. The van der Waals surface area contributed by atoms with Crippen molar-refractivity contribution in [3.05, 3.63) is 29.8 Å². The summed E-state index contributed by atoms with van der Waals surface area (Å²) in [6, 6.07) is 4.64. The number of hydrogen-bond acceptors (Lipinski definition) is 5. The Bertz CT molecular complexity index is 723. The van der Waals surface area contributed by atoms with Gasteiger partial charge in [-0.25, -0.2) is 0 Å². The van der Waals surface area contributed by atoms with Gasteiger partial charge in [0.25, 0.3) is 0 Å². The summed E-state index contributed by atoms with van der Waals surface area (Å²) in [6.07, 6.45) is 6.70. The molecule has 1 amide bonds.